The topological polar surface area (TPSA) is 41.5 Å². The number of ketones is 1. The van der Waals surface area contributed by atoms with Crippen LogP contribution in [-0.2, 0) is 4.79 Å². The fraction of sp³-hybridized carbons (Fsp3) is 0.455. The third-order valence-corrected chi connectivity index (χ3v) is 3.56. The van der Waals surface area contributed by atoms with Crippen LogP contribution in [0.5, 0.6) is 0 Å². The second-order valence-electron chi connectivity index (χ2n) is 3.82. The van der Waals surface area contributed by atoms with Crippen LogP contribution in [0.2, 0.25) is 0 Å². The first-order chi connectivity index (χ1) is 7.70. The average molecular weight is 348 g/mol. The number of nitrogens with zero attached hydrogens (tertiary/aromatic N) is 1. The van der Waals surface area contributed by atoms with Crippen molar-refractivity contribution in [3.63, 3.8) is 0 Å². The molecule has 86 valence electrons. The number of hydrogen-bond donors (Lipinski definition) is 1. The first-order valence-corrected chi connectivity index (χ1v) is 7.08. The number of carbonyl (C=O) groups excluding carboxylic acids is 1. The van der Waals surface area contributed by atoms with Gasteiger partial charge in [-0.3, -0.25) is 9.79 Å². The molecule has 5 heteroatoms. The first kappa shape index (κ1) is 12.0. The van der Waals surface area contributed by atoms with Crippen LogP contribution in [0.1, 0.15) is 12.8 Å². The molecule has 0 aromatic rings. The summed E-state index contributed by atoms with van der Waals surface area (Å²) in [5.74, 6) is 0.376. The van der Waals surface area contributed by atoms with Gasteiger partial charge in [-0.2, -0.15) is 0 Å². The average Bonchev–Trinajstić information content (AvgIpc) is 2.39. The van der Waals surface area contributed by atoms with E-state index in [2.05, 4.69) is 48.2 Å². The first-order valence-electron chi connectivity index (χ1n) is 5.16. The molecule has 0 fully saturated rings. The molecule has 2 unspecified atom stereocenters. The summed E-state index contributed by atoms with van der Waals surface area (Å²) in [5.41, 5.74) is 0.859. The third-order valence-electron chi connectivity index (χ3n) is 2.69. The molecule has 0 aliphatic carbocycles. The monoisotopic (exact) mass is 346 g/mol. The summed E-state index contributed by atoms with van der Waals surface area (Å²) >= 11 is 6.72. The van der Waals surface area contributed by atoms with E-state index < -0.39 is 0 Å². The lowest BCUT2D eigenvalue weighted by molar-refractivity contribution is -0.115. The van der Waals surface area contributed by atoms with Gasteiger partial charge in [-0.05, 0) is 22.4 Å². The molecule has 0 aromatic heterocycles. The van der Waals surface area contributed by atoms with E-state index in [9.17, 15) is 4.79 Å². The van der Waals surface area contributed by atoms with Gasteiger partial charge in [0.1, 0.15) is 6.17 Å². The lowest BCUT2D eigenvalue weighted by Crippen LogP contribution is -2.32. The molecule has 2 rings (SSSR count). The molecule has 0 saturated heterocycles. The van der Waals surface area contributed by atoms with Gasteiger partial charge in [0.05, 0.1) is 0 Å². The Labute approximate surface area is 111 Å². The standard InChI is InChI=1S/C11H12Br2N2O/c12-2-1-10(16)9-6-15-11-4-7(9)3-8(13)5-14-11/h3,5-7,11,15H,1-2,4H2. The highest BCUT2D eigenvalue weighted by Crippen LogP contribution is 2.29. The van der Waals surface area contributed by atoms with Gasteiger partial charge in [-0.25, -0.2) is 0 Å². The van der Waals surface area contributed by atoms with Crippen molar-refractivity contribution in [1.29, 1.82) is 0 Å². The van der Waals surface area contributed by atoms with E-state index >= 15 is 0 Å². The van der Waals surface area contributed by atoms with Gasteiger partial charge >= 0.3 is 0 Å². The van der Waals surface area contributed by atoms with Crippen molar-refractivity contribution in [2.45, 2.75) is 19.0 Å². The maximum absolute atomic E-state index is 11.9. The number of alkyl halides is 1. The van der Waals surface area contributed by atoms with Crippen molar-refractivity contribution >= 4 is 43.9 Å². The Morgan fingerprint density at radius 1 is 1.62 bits per heavy atom. The molecule has 0 amide bonds. The van der Waals surface area contributed by atoms with Crippen LogP contribution in [0.3, 0.4) is 0 Å². The summed E-state index contributed by atoms with van der Waals surface area (Å²) in [6, 6.07) is 0. The van der Waals surface area contributed by atoms with Crippen molar-refractivity contribution in [3.8, 4) is 0 Å². The number of allylic oxidation sites excluding steroid dienone is 3. The number of rotatable bonds is 3. The maximum atomic E-state index is 11.9. The van der Waals surface area contributed by atoms with E-state index in [1.807, 2.05) is 6.20 Å². The lowest BCUT2D eigenvalue weighted by Gasteiger charge is -2.25. The molecule has 0 saturated carbocycles. The zero-order valence-corrected chi connectivity index (χ0v) is 11.8. The van der Waals surface area contributed by atoms with E-state index in [4.69, 9.17) is 0 Å². The third kappa shape index (κ3) is 2.63. The highest BCUT2D eigenvalue weighted by atomic mass is 79.9. The Morgan fingerprint density at radius 3 is 3.19 bits per heavy atom. The van der Waals surface area contributed by atoms with Crippen molar-refractivity contribution < 1.29 is 4.79 Å². The van der Waals surface area contributed by atoms with E-state index in [0.29, 0.717) is 11.8 Å². The van der Waals surface area contributed by atoms with Crippen LogP contribution < -0.4 is 5.32 Å². The maximum Gasteiger partial charge on any atom is 0.161 e. The van der Waals surface area contributed by atoms with Crippen LogP contribution >= 0.6 is 31.9 Å². The van der Waals surface area contributed by atoms with Gasteiger partial charge in [0.15, 0.2) is 5.78 Å². The minimum atomic E-state index is 0.0943. The van der Waals surface area contributed by atoms with Gasteiger partial charge in [-0.1, -0.05) is 22.0 Å². The number of halogens is 2. The molecule has 3 nitrogen and oxygen atoms in total. The van der Waals surface area contributed by atoms with Gasteiger partial charge in [-0.15, -0.1) is 0 Å². The SMILES string of the molecule is O=C(CCBr)C1=CNC2CC1C=C(Br)C=N2. The van der Waals surface area contributed by atoms with Crippen molar-refractivity contribution in [2.24, 2.45) is 10.9 Å². The Kier molecular flexibility index (Phi) is 3.97. The molecular formula is C11H12Br2N2O. The molecule has 2 aliphatic rings. The summed E-state index contributed by atoms with van der Waals surface area (Å²) < 4.78 is 0.946. The van der Waals surface area contributed by atoms with Crippen molar-refractivity contribution in [3.05, 3.63) is 22.3 Å². The normalized spacial score (nSPS) is 27.6. The van der Waals surface area contributed by atoms with Crippen molar-refractivity contribution in [1.82, 2.24) is 5.32 Å². The number of carbonyl (C=O) groups is 1. The highest BCUT2D eigenvalue weighted by molar-refractivity contribution is 9.12. The summed E-state index contributed by atoms with van der Waals surface area (Å²) in [4.78, 5) is 16.2. The lowest BCUT2D eigenvalue weighted by atomic mass is 9.89. The smallest absolute Gasteiger partial charge is 0.161 e. The van der Waals surface area contributed by atoms with E-state index in [1.165, 1.54) is 0 Å². The number of nitrogens with one attached hydrogen (secondary N) is 1. The zero-order chi connectivity index (χ0) is 11.5. The number of aliphatic imine (C=N–C) groups is 1. The van der Waals surface area contributed by atoms with Crippen LogP contribution in [0.15, 0.2) is 27.3 Å². The molecule has 2 atom stereocenters. The van der Waals surface area contributed by atoms with E-state index in [-0.39, 0.29) is 17.9 Å². The number of Topliss-reactive ketones (excluding diaryl/α,β-unsaturated/α-hetero) is 1. The zero-order valence-electron chi connectivity index (χ0n) is 8.62. The van der Waals surface area contributed by atoms with Gasteiger partial charge in [0.25, 0.3) is 0 Å². The Balaban J connectivity index is 2.22. The van der Waals surface area contributed by atoms with Crippen LogP contribution in [0.4, 0.5) is 0 Å². The number of hydrogen-bond acceptors (Lipinski definition) is 3. The molecule has 2 aliphatic heterocycles. The molecule has 16 heavy (non-hydrogen) atoms. The molecular weight excluding hydrogens is 336 g/mol. The van der Waals surface area contributed by atoms with E-state index in [1.54, 1.807) is 6.21 Å². The predicted octanol–water partition coefficient (Wildman–Crippen LogP) is 2.52. The molecule has 0 aromatic carbocycles. The summed E-state index contributed by atoms with van der Waals surface area (Å²) in [7, 11) is 0. The Bertz CT molecular complexity index is 387. The van der Waals surface area contributed by atoms with Crippen molar-refractivity contribution in [2.75, 3.05) is 5.33 Å². The van der Waals surface area contributed by atoms with Crippen LogP contribution in [-0.4, -0.2) is 23.5 Å². The largest absolute Gasteiger partial charge is 0.369 e. The van der Waals surface area contributed by atoms with Gasteiger partial charge in [0.2, 0.25) is 0 Å². The van der Waals surface area contributed by atoms with Gasteiger partial charge in [0, 0.05) is 40.1 Å². The second kappa shape index (κ2) is 5.27. The summed E-state index contributed by atoms with van der Waals surface area (Å²) in [6.07, 6.45) is 7.17. The quantitative estimate of drug-likeness (QED) is 0.797. The second-order valence-corrected chi connectivity index (χ2v) is 5.52. The molecule has 0 spiro atoms. The predicted molar refractivity (Wildman–Crippen MR) is 72.0 cm³/mol. The molecule has 0 radical (unpaired) electrons. The molecule has 2 heterocycles. The Morgan fingerprint density at radius 2 is 2.44 bits per heavy atom. The summed E-state index contributed by atoms with van der Waals surface area (Å²) in [5, 5.41) is 3.86. The fourth-order valence-electron chi connectivity index (χ4n) is 1.90. The minimum Gasteiger partial charge on any atom is -0.369 e. The van der Waals surface area contributed by atoms with Gasteiger partial charge < -0.3 is 5.32 Å². The van der Waals surface area contributed by atoms with Crippen LogP contribution in [0, 0.1) is 5.92 Å². The summed E-state index contributed by atoms with van der Waals surface area (Å²) in [6.45, 7) is 0. The fourth-order valence-corrected chi connectivity index (χ4v) is 2.70. The minimum absolute atomic E-state index is 0.0943. The number of fused-ring (bicyclic) bond motifs is 2. The highest BCUT2D eigenvalue weighted by Gasteiger charge is 2.27. The molecule has 2 bridgehead atoms. The Hall–Kier alpha value is -0.420. The van der Waals surface area contributed by atoms with E-state index in [0.717, 1.165) is 16.5 Å². The molecule has 1 N–H and O–H groups in total. The van der Waals surface area contributed by atoms with Crippen LogP contribution in [0.25, 0.3) is 0 Å².